The Morgan fingerprint density at radius 3 is 2.27 bits per heavy atom. The van der Waals surface area contributed by atoms with E-state index < -0.39 is 0 Å². The van der Waals surface area contributed by atoms with Crippen molar-refractivity contribution >= 4 is 50.7 Å². The van der Waals surface area contributed by atoms with Crippen LogP contribution >= 0.6 is 50.7 Å². The second-order valence-electron chi connectivity index (χ2n) is 1.82. The molecule has 5 heteroatoms. The average molecular weight is 276 g/mol. The van der Waals surface area contributed by atoms with Crippen molar-refractivity contribution in [2.75, 3.05) is 0 Å². The molecule has 0 aliphatic heterocycles. The minimum absolute atomic E-state index is 0.0611. The largest absolute Gasteiger partial charge is 0.505 e. The summed E-state index contributed by atoms with van der Waals surface area (Å²) in [6.07, 6.45) is 0. The Bertz CT molecular complexity index is 274. The molecule has 0 aliphatic carbocycles. The van der Waals surface area contributed by atoms with Gasteiger partial charge in [-0.3, -0.25) is 0 Å². The van der Waals surface area contributed by atoms with Crippen molar-refractivity contribution in [1.82, 2.24) is 0 Å². The minimum atomic E-state index is -0.0962. The number of hydrogen-bond donors (Lipinski definition) is 1. The van der Waals surface area contributed by atoms with E-state index in [9.17, 15) is 5.11 Å². The van der Waals surface area contributed by atoms with E-state index in [1.54, 1.807) is 0 Å². The molecule has 0 aliphatic rings. The van der Waals surface area contributed by atoms with Gasteiger partial charge in [0, 0.05) is 0 Å². The summed E-state index contributed by atoms with van der Waals surface area (Å²) in [7, 11) is 0. The van der Waals surface area contributed by atoms with Gasteiger partial charge in [0.25, 0.3) is 0 Å². The first-order chi connectivity index (χ1) is 5.04. The standard InChI is InChI=1S/C6H2BrCl3O/c7-2-1-3(8)4(9)5(10)6(2)11/h1,11H. The average Bonchev–Trinajstić information content (AvgIpc) is 1.97. The predicted octanol–water partition coefficient (Wildman–Crippen LogP) is 4.11. The number of aromatic hydroxyl groups is 1. The van der Waals surface area contributed by atoms with E-state index >= 15 is 0 Å². The van der Waals surface area contributed by atoms with Crippen molar-refractivity contribution in [3.8, 4) is 5.75 Å². The molecule has 0 amide bonds. The van der Waals surface area contributed by atoms with E-state index in [2.05, 4.69) is 15.9 Å². The zero-order valence-electron chi connectivity index (χ0n) is 5.04. The van der Waals surface area contributed by atoms with Crippen LogP contribution in [0.3, 0.4) is 0 Å². The molecule has 1 aromatic rings. The molecule has 0 saturated carbocycles. The molecule has 1 rings (SSSR count). The molecule has 1 aromatic carbocycles. The smallest absolute Gasteiger partial charge is 0.149 e. The lowest BCUT2D eigenvalue weighted by molar-refractivity contribution is 0.472. The molecule has 1 N–H and O–H groups in total. The van der Waals surface area contributed by atoms with Crippen LogP contribution in [0.5, 0.6) is 5.75 Å². The maximum absolute atomic E-state index is 9.19. The Morgan fingerprint density at radius 2 is 1.73 bits per heavy atom. The van der Waals surface area contributed by atoms with Crippen LogP contribution in [0.15, 0.2) is 10.5 Å². The van der Waals surface area contributed by atoms with Crippen LogP contribution in [-0.4, -0.2) is 5.11 Å². The Morgan fingerprint density at radius 1 is 1.18 bits per heavy atom. The number of phenols is 1. The quantitative estimate of drug-likeness (QED) is 0.558. The third-order valence-corrected chi connectivity index (χ3v) is 2.95. The maximum Gasteiger partial charge on any atom is 0.149 e. The normalized spacial score (nSPS) is 10.2. The van der Waals surface area contributed by atoms with Crippen LogP contribution < -0.4 is 0 Å². The van der Waals surface area contributed by atoms with Gasteiger partial charge in [-0.25, -0.2) is 0 Å². The van der Waals surface area contributed by atoms with Crippen molar-refractivity contribution in [2.45, 2.75) is 0 Å². The molecule has 0 radical (unpaired) electrons. The summed E-state index contributed by atoms with van der Waals surface area (Å²) >= 11 is 19.9. The van der Waals surface area contributed by atoms with E-state index in [4.69, 9.17) is 34.8 Å². The van der Waals surface area contributed by atoms with Crippen LogP contribution in [0.4, 0.5) is 0 Å². The molecule has 60 valence electrons. The number of rotatable bonds is 0. The zero-order chi connectivity index (χ0) is 8.59. The fraction of sp³-hybridized carbons (Fsp3) is 0. The van der Waals surface area contributed by atoms with E-state index in [1.807, 2.05) is 0 Å². The fourth-order valence-electron chi connectivity index (χ4n) is 0.557. The third kappa shape index (κ3) is 1.75. The predicted molar refractivity (Wildman–Crippen MR) is 50.8 cm³/mol. The lowest BCUT2D eigenvalue weighted by Crippen LogP contribution is -1.75. The summed E-state index contributed by atoms with van der Waals surface area (Å²) in [5.74, 6) is -0.0962. The van der Waals surface area contributed by atoms with Crippen LogP contribution in [0.1, 0.15) is 0 Å². The lowest BCUT2D eigenvalue weighted by Gasteiger charge is -2.02. The molecule has 11 heavy (non-hydrogen) atoms. The van der Waals surface area contributed by atoms with Crippen molar-refractivity contribution in [2.24, 2.45) is 0 Å². The second-order valence-corrected chi connectivity index (χ2v) is 3.83. The molecule has 0 heterocycles. The highest BCUT2D eigenvalue weighted by molar-refractivity contribution is 9.10. The Labute approximate surface area is 87.0 Å². The van der Waals surface area contributed by atoms with Crippen molar-refractivity contribution in [3.05, 3.63) is 25.6 Å². The highest BCUT2D eigenvalue weighted by atomic mass is 79.9. The van der Waals surface area contributed by atoms with E-state index in [1.165, 1.54) is 6.07 Å². The van der Waals surface area contributed by atoms with Gasteiger partial charge in [0.15, 0.2) is 0 Å². The van der Waals surface area contributed by atoms with Gasteiger partial charge in [-0.2, -0.15) is 0 Å². The molecule has 1 nitrogen and oxygen atoms in total. The molecule has 0 saturated heterocycles. The van der Waals surface area contributed by atoms with E-state index in [-0.39, 0.29) is 15.8 Å². The SMILES string of the molecule is Oc1c(Br)cc(Cl)c(Cl)c1Cl. The molecule has 0 fully saturated rings. The first kappa shape index (κ1) is 9.46. The highest BCUT2D eigenvalue weighted by Gasteiger charge is 2.11. The second kappa shape index (κ2) is 3.40. The summed E-state index contributed by atoms with van der Waals surface area (Å²) in [6.45, 7) is 0. The Hall–Kier alpha value is 0.370. The number of phenolic OH excluding ortho intramolecular Hbond substituents is 1. The van der Waals surface area contributed by atoms with Gasteiger partial charge >= 0.3 is 0 Å². The van der Waals surface area contributed by atoms with Crippen LogP contribution in [0.2, 0.25) is 15.1 Å². The van der Waals surface area contributed by atoms with Crippen LogP contribution in [0, 0.1) is 0 Å². The van der Waals surface area contributed by atoms with E-state index in [0.717, 1.165) is 0 Å². The Kier molecular flexibility index (Phi) is 2.92. The van der Waals surface area contributed by atoms with Gasteiger partial charge in [0.1, 0.15) is 10.8 Å². The molecule has 0 atom stereocenters. The summed E-state index contributed by atoms with van der Waals surface area (Å²) in [4.78, 5) is 0. The number of halogens is 4. The van der Waals surface area contributed by atoms with Gasteiger partial charge in [-0.15, -0.1) is 0 Å². The molecular weight excluding hydrogens is 274 g/mol. The maximum atomic E-state index is 9.19. The van der Waals surface area contributed by atoms with Crippen LogP contribution in [0.25, 0.3) is 0 Å². The fourth-order valence-corrected chi connectivity index (χ4v) is 1.83. The van der Waals surface area contributed by atoms with Gasteiger partial charge in [0.2, 0.25) is 0 Å². The van der Waals surface area contributed by atoms with Crippen molar-refractivity contribution in [1.29, 1.82) is 0 Å². The topological polar surface area (TPSA) is 20.2 Å². The van der Waals surface area contributed by atoms with E-state index in [0.29, 0.717) is 9.50 Å². The highest BCUT2D eigenvalue weighted by Crippen LogP contribution is 2.41. The zero-order valence-corrected chi connectivity index (χ0v) is 8.89. The molecular formula is C6H2BrCl3O. The monoisotopic (exact) mass is 274 g/mol. The van der Waals surface area contributed by atoms with Gasteiger partial charge in [0.05, 0.1) is 14.5 Å². The first-order valence-electron chi connectivity index (χ1n) is 2.56. The number of hydrogen-bond acceptors (Lipinski definition) is 1. The summed E-state index contributed by atoms with van der Waals surface area (Å²) in [5, 5.41) is 9.72. The van der Waals surface area contributed by atoms with Crippen molar-refractivity contribution in [3.63, 3.8) is 0 Å². The van der Waals surface area contributed by atoms with Gasteiger partial charge in [-0.1, -0.05) is 34.8 Å². The minimum Gasteiger partial charge on any atom is -0.505 e. The summed E-state index contributed by atoms with van der Waals surface area (Å²) in [6, 6.07) is 1.48. The first-order valence-corrected chi connectivity index (χ1v) is 4.48. The Balaban J connectivity index is 3.46. The molecule has 0 unspecified atom stereocenters. The lowest BCUT2D eigenvalue weighted by atomic mass is 10.3. The summed E-state index contributed by atoms with van der Waals surface area (Å²) < 4.78 is 0.428. The summed E-state index contributed by atoms with van der Waals surface area (Å²) in [5.41, 5.74) is 0. The molecule has 0 bridgehead atoms. The third-order valence-electron chi connectivity index (χ3n) is 1.09. The molecule has 0 spiro atoms. The van der Waals surface area contributed by atoms with Crippen molar-refractivity contribution < 1.29 is 5.11 Å². The van der Waals surface area contributed by atoms with Gasteiger partial charge < -0.3 is 5.11 Å². The van der Waals surface area contributed by atoms with Crippen LogP contribution in [-0.2, 0) is 0 Å². The van der Waals surface area contributed by atoms with Gasteiger partial charge in [-0.05, 0) is 22.0 Å². The number of benzene rings is 1. The molecule has 0 aromatic heterocycles.